The number of hydrogen-bond donors (Lipinski definition) is 2. The van der Waals surface area contributed by atoms with Crippen LogP contribution in [0, 0.1) is 0 Å². The maximum atomic E-state index is 11.6. The van der Waals surface area contributed by atoms with E-state index in [9.17, 15) is 4.79 Å². The summed E-state index contributed by atoms with van der Waals surface area (Å²) in [6.07, 6.45) is 4.53. The molecule has 1 aliphatic heterocycles. The number of nitrogens with zero attached hydrogens (tertiary/aromatic N) is 1. The van der Waals surface area contributed by atoms with Crippen LogP contribution >= 0.6 is 0 Å². The van der Waals surface area contributed by atoms with Crippen molar-refractivity contribution in [3.05, 3.63) is 0 Å². The smallest absolute Gasteiger partial charge is 0.236 e. The summed E-state index contributed by atoms with van der Waals surface area (Å²) in [5, 5.41) is 3.11. The van der Waals surface area contributed by atoms with Crippen molar-refractivity contribution in [3.63, 3.8) is 0 Å². The fourth-order valence-corrected chi connectivity index (χ4v) is 1.68. The van der Waals surface area contributed by atoms with Crippen LogP contribution in [-0.2, 0) is 4.79 Å². The minimum absolute atomic E-state index is 0.238. The summed E-state index contributed by atoms with van der Waals surface area (Å²) in [5.74, 6) is 0.238. The van der Waals surface area contributed by atoms with Crippen LogP contribution in [0.2, 0.25) is 0 Å². The Labute approximate surface area is 85.8 Å². The van der Waals surface area contributed by atoms with Crippen LogP contribution < -0.4 is 11.1 Å². The van der Waals surface area contributed by atoms with E-state index >= 15 is 0 Å². The Bertz CT molecular complexity index is 167. The van der Waals surface area contributed by atoms with Crippen molar-refractivity contribution in [2.75, 3.05) is 32.7 Å². The molecule has 82 valence electrons. The van der Waals surface area contributed by atoms with Crippen molar-refractivity contribution < 1.29 is 4.79 Å². The van der Waals surface area contributed by atoms with E-state index in [1.165, 1.54) is 6.42 Å². The number of hydrogen-bond acceptors (Lipinski definition) is 3. The highest BCUT2D eigenvalue weighted by Crippen LogP contribution is 2.07. The Morgan fingerprint density at radius 2 is 2.00 bits per heavy atom. The van der Waals surface area contributed by atoms with Gasteiger partial charge in [-0.3, -0.25) is 4.79 Å². The number of piperidine rings is 1. The Morgan fingerprint density at radius 3 is 2.64 bits per heavy atom. The molecular weight excluding hydrogens is 178 g/mol. The van der Waals surface area contributed by atoms with Gasteiger partial charge in [-0.05, 0) is 38.8 Å². The van der Waals surface area contributed by atoms with Crippen molar-refractivity contribution in [1.29, 1.82) is 0 Å². The summed E-state index contributed by atoms with van der Waals surface area (Å²) in [5.41, 5.74) is 5.35. The number of likely N-dealkylation sites (tertiary alicyclic amines) is 1. The molecule has 0 aromatic carbocycles. The van der Waals surface area contributed by atoms with Crippen molar-refractivity contribution in [2.24, 2.45) is 5.73 Å². The second kappa shape index (κ2) is 6.79. The molecule has 0 atom stereocenters. The first-order valence-electron chi connectivity index (χ1n) is 5.53. The van der Waals surface area contributed by atoms with E-state index in [1.807, 2.05) is 4.90 Å². The van der Waals surface area contributed by atoms with Gasteiger partial charge in [-0.2, -0.15) is 0 Å². The minimum atomic E-state index is 0.238. The summed E-state index contributed by atoms with van der Waals surface area (Å²) in [6, 6.07) is 0. The molecule has 1 aliphatic rings. The van der Waals surface area contributed by atoms with Gasteiger partial charge in [0.2, 0.25) is 5.91 Å². The highest BCUT2D eigenvalue weighted by Gasteiger charge is 2.15. The zero-order valence-corrected chi connectivity index (χ0v) is 8.80. The predicted molar refractivity (Wildman–Crippen MR) is 57.0 cm³/mol. The fraction of sp³-hybridized carbons (Fsp3) is 0.900. The third-order valence-corrected chi connectivity index (χ3v) is 2.54. The van der Waals surface area contributed by atoms with E-state index in [2.05, 4.69) is 5.32 Å². The molecule has 0 radical (unpaired) electrons. The lowest BCUT2D eigenvalue weighted by molar-refractivity contribution is -0.131. The first-order chi connectivity index (χ1) is 6.84. The fourth-order valence-electron chi connectivity index (χ4n) is 1.68. The van der Waals surface area contributed by atoms with Crippen LogP contribution in [0.1, 0.15) is 25.7 Å². The number of carbonyl (C=O) groups excluding carboxylic acids is 1. The molecular formula is C10H21N3O. The lowest BCUT2D eigenvalue weighted by Gasteiger charge is -2.26. The molecule has 0 spiro atoms. The molecule has 1 amide bonds. The van der Waals surface area contributed by atoms with E-state index in [0.29, 0.717) is 13.1 Å². The summed E-state index contributed by atoms with van der Waals surface area (Å²) in [4.78, 5) is 13.6. The highest BCUT2D eigenvalue weighted by atomic mass is 16.2. The monoisotopic (exact) mass is 199 g/mol. The molecule has 0 saturated carbocycles. The molecule has 3 N–H and O–H groups in total. The molecule has 4 nitrogen and oxygen atoms in total. The van der Waals surface area contributed by atoms with Gasteiger partial charge in [0.05, 0.1) is 6.54 Å². The molecule has 0 unspecified atom stereocenters. The van der Waals surface area contributed by atoms with Gasteiger partial charge < -0.3 is 16.0 Å². The Balaban J connectivity index is 2.07. The van der Waals surface area contributed by atoms with Gasteiger partial charge in [0.1, 0.15) is 0 Å². The van der Waals surface area contributed by atoms with E-state index in [0.717, 1.165) is 38.9 Å². The third-order valence-electron chi connectivity index (χ3n) is 2.54. The lowest BCUT2D eigenvalue weighted by Crippen LogP contribution is -2.41. The summed E-state index contributed by atoms with van der Waals surface area (Å²) >= 11 is 0. The van der Waals surface area contributed by atoms with E-state index in [-0.39, 0.29) is 5.91 Å². The Kier molecular flexibility index (Phi) is 5.56. The molecule has 1 rings (SSSR count). The first kappa shape index (κ1) is 11.5. The van der Waals surface area contributed by atoms with E-state index < -0.39 is 0 Å². The molecule has 0 bridgehead atoms. The molecule has 0 aromatic rings. The van der Waals surface area contributed by atoms with Crippen LogP contribution in [0.25, 0.3) is 0 Å². The van der Waals surface area contributed by atoms with Gasteiger partial charge >= 0.3 is 0 Å². The first-order valence-corrected chi connectivity index (χ1v) is 5.53. The molecule has 1 fully saturated rings. The molecule has 1 heterocycles. The number of amides is 1. The topological polar surface area (TPSA) is 58.4 Å². The van der Waals surface area contributed by atoms with Gasteiger partial charge in [-0.15, -0.1) is 0 Å². The van der Waals surface area contributed by atoms with Gasteiger partial charge in [0.25, 0.3) is 0 Å². The molecule has 14 heavy (non-hydrogen) atoms. The number of rotatable bonds is 5. The summed E-state index contributed by atoms with van der Waals surface area (Å²) < 4.78 is 0. The second-order valence-electron chi connectivity index (χ2n) is 3.76. The van der Waals surface area contributed by atoms with Crippen molar-refractivity contribution in [1.82, 2.24) is 10.2 Å². The standard InChI is InChI=1S/C10H21N3O/c11-5-4-6-12-9-10(14)13-7-2-1-3-8-13/h12H,1-9,11H2. The largest absolute Gasteiger partial charge is 0.342 e. The van der Waals surface area contributed by atoms with Gasteiger partial charge in [0, 0.05) is 13.1 Å². The third kappa shape index (κ3) is 4.07. The van der Waals surface area contributed by atoms with Crippen LogP contribution in [-0.4, -0.2) is 43.5 Å². The van der Waals surface area contributed by atoms with Gasteiger partial charge in [-0.25, -0.2) is 0 Å². The SMILES string of the molecule is NCCCNCC(=O)N1CCCCC1. The zero-order chi connectivity index (χ0) is 10.2. The van der Waals surface area contributed by atoms with Crippen LogP contribution in [0.3, 0.4) is 0 Å². The Morgan fingerprint density at radius 1 is 1.29 bits per heavy atom. The number of nitrogens with one attached hydrogen (secondary N) is 1. The second-order valence-corrected chi connectivity index (χ2v) is 3.76. The average Bonchev–Trinajstić information content (AvgIpc) is 2.25. The minimum Gasteiger partial charge on any atom is -0.342 e. The zero-order valence-electron chi connectivity index (χ0n) is 8.80. The number of nitrogens with two attached hydrogens (primary N) is 1. The normalized spacial score (nSPS) is 17.1. The van der Waals surface area contributed by atoms with Crippen molar-refractivity contribution >= 4 is 5.91 Å². The van der Waals surface area contributed by atoms with Crippen LogP contribution in [0.4, 0.5) is 0 Å². The van der Waals surface area contributed by atoms with Crippen molar-refractivity contribution in [2.45, 2.75) is 25.7 Å². The van der Waals surface area contributed by atoms with E-state index in [4.69, 9.17) is 5.73 Å². The maximum absolute atomic E-state index is 11.6. The van der Waals surface area contributed by atoms with E-state index in [1.54, 1.807) is 0 Å². The highest BCUT2D eigenvalue weighted by molar-refractivity contribution is 5.78. The summed E-state index contributed by atoms with van der Waals surface area (Å²) in [6.45, 7) is 3.88. The van der Waals surface area contributed by atoms with Crippen molar-refractivity contribution in [3.8, 4) is 0 Å². The number of carbonyl (C=O) groups is 1. The predicted octanol–water partition coefficient (Wildman–Crippen LogP) is -0.0627. The molecule has 0 aliphatic carbocycles. The molecule has 0 aromatic heterocycles. The average molecular weight is 199 g/mol. The summed E-state index contributed by atoms with van der Waals surface area (Å²) in [7, 11) is 0. The van der Waals surface area contributed by atoms with Gasteiger partial charge in [-0.1, -0.05) is 0 Å². The van der Waals surface area contributed by atoms with Gasteiger partial charge in [0.15, 0.2) is 0 Å². The maximum Gasteiger partial charge on any atom is 0.236 e. The molecule has 4 heteroatoms. The van der Waals surface area contributed by atoms with Crippen LogP contribution in [0.15, 0.2) is 0 Å². The lowest BCUT2D eigenvalue weighted by atomic mass is 10.1. The Hall–Kier alpha value is -0.610. The van der Waals surface area contributed by atoms with Crippen LogP contribution in [0.5, 0.6) is 0 Å². The molecule has 1 saturated heterocycles. The quantitative estimate of drug-likeness (QED) is 0.610.